The summed E-state index contributed by atoms with van der Waals surface area (Å²) in [7, 11) is 1.89. The first kappa shape index (κ1) is 22.7. The van der Waals surface area contributed by atoms with E-state index in [1.165, 1.54) is 34.8 Å². The smallest absolute Gasteiger partial charge is 0.315 e. The number of rotatable bonds is 5. The number of piperazine rings is 1. The van der Waals surface area contributed by atoms with Gasteiger partial charge in [0.05, 0.1) is 17.8 Å². The van der Waals surface area contributed by atoms with Crippen LogP contribution in [-0.2, 0) is 6.42 Å². The maximum Gasteiger partial charge on any atom is 0.315 e. The highest BCUT2D eigenvalue weighted by molar-refractivity contribution is 7.20. The van der Waals surface area contributed by atoms with Crippen molar-refractivity contribution in [1.29, 1.82) is 5.26 Å². The van der Waals surface area contributed by atoms with Gasteiger partial charge >= 0.3 is 6.03 Å². The van der Waals surface area contributed by atoms with Crippen LogP contribution in [0.2, 0.25) is 0 Å². The zero-order valence-corrected chi connectivity index (χ0v) is 21.2. The first-order chi connectivity index (χ1) is 17.4. The highest BCUT2D eigenvalue weighted by Crippen LogP contribution is 2.40. The summed E-state index contributed by atoms with van der Waals surface area (Å²) in [5.41, 5.74) is 7.60. The Hall–Kier alpha value is -3.76. The van der Waals surface area contributed by atoms with Gasteiger partial charge in [-0.3, -0.25) is 0 Å². The Morgan fingerprint density at radius 3 is 2.67 bits per heavy atom. The van der Waals surface area contributed by atoms with Crippen molar-refractivity contribution in [2.24, 2.45) is 5.73 Å². The van der Waals surface area contributed by atoms with Gasteiger partial charge in [0.25, 0.3) is 0 Å². The molecule has 1 aromatic carbocycles. The number of aryl methyl sites for hydroxylation is 1. The number of nitrogens with zero attached hydrogens (tertiary/aromatic N) is 8. The minimum absolute atomic E-state index is 0.113. The van der Waals surface area contributed by atoms with E-state index in [4.69, 9.17) is 20.8 Å². The van der Waals surface area contributed by atoms with E-state index in [2.05, 4.69) is 11.0 Å². The number of likely N-dealkylation sites (tertiary alicyclic amines) is 1. The number of urea groups is 1. The second-order valence-corrected chi connectivity index (χ2v) is 10.8. The summed E-state index contributed by atoms with van der Waals surface area (Å²) in [6, 6.07) is 8.13. The van der Waals surface area contributed by atoms with Crippen molar-refractivity contribution in [3.8, 4) is 17.3 Å². The quantitative estimate of drug-likeness (QED) is 0.424. The second-order valence-electron chi connectivity index (χ2n) is 8.85. The Morgan fingerprint density at radius 1 is 1.25 bits per heavy atom. The van der Waals surface area contributed by atoms with Gasteiger partial charge in [0.2, 0.25) is 10.1 Å². The van der Waals surface area contributed by atoms with Crippen molar-refractivity contribution < 1.29 is 9.18 Å². The molecule has 2 atom stereocenters. The predicted octanol–water partition coefficient (Wildman–Crippen LogP) is 3.60. The van der Waals surface area contributed by atoms with Gasteiger partial charge in [0, 0.05) is 25.7 Å². The Kier molecular flexibility index (Phi) is 5.31. The lowest BCUT2D eigenvalue weighted by atomic mass is 10.1. The van der Waals surface area contributed by atoms with E-state index in [1.807, 2.05) is 23.4 Å². The van der Waals surface area contributed by atoms with Gasteiger partial charge in [-0.2, -0.15) is 9.78 Å². The number of nitriles is 1. The molecule has 2 fully saturated rings. The fourth-order valence-corrected chi connectivity index (χ4v) is 6.90. The van der Waals surface area contributed by atoms with Gasteiger partial charge in [-0.1, -0.05) is 29.6 Å². The Balaban J connectivity index is 1.35. The molecular weight excluding hydrogens is 501 g/mol. The largest absolute Gasteiger partial charge is 0.351 e. The van der Waals surface area contributed by atoms with Crippen LogP contribution in [0.15, 0.2) is 24.3 Å². The lowest BCUT2D eigenvalue weighted by molar-refractivity contribution is 0.198. The van der Waals surface area contributed by atoms with Crippen LogP contribution in [0.4, 0.5) is 25.3 Å². The van der Waals surface area contributed by atoms with Crippen LogP contribution in [0.3, 0.4) is 0 Å². The summed E-state index contributed by atoms with van der Waals surface area (Å²) in [5, 5.41) is 16.1. The molecular formula is C23H22FN9OS2. The number of thiazole rings is 1. The third kappa shape index (κ3) is 3.48. The Labute approximate surface area is 214 Å². The zero-order chi connectivity index (χ0) is 25.1. The lowest BCUT2D eigenvalue weighted by Gasteiger charge is -2.32. The van der Waals surface area contributed by atoms with Gasteiger partial charge in [0.15, 0.2) is 10.9 Å². The molecule has 2 unspecified atom stereocenters. The minimum Gasteiger partial charge on any atom is -0.351 e. The summed E-state index contributed by atoms with van der Waals surface area (Å²) >= 11 is 2.79. The first-order valence-corrected chi connectivity index (χ1v) is 13.1. The van der Waals surface area contributed by atoms with Crippen LogP contribution in [0.25, 0.3) is 16.2 Å². The van der Waals surface area contributed by atoms with E-state index < -0.39 is 0 Å². The molecule has 3 aromatic heterocycles. The minimum atomic E-state index is -0.368. The van der Waals surface area contributed by atoms with Gasteiger partial charge in [-0.25, -0.2) is 19.2 Å². The topological polar surface area (TPSA) is 120 Å². The molecule has 36 heavy (non-hydrogen) atoms. The third-order valence-corrected chi connectivity index (χ3v) is 8.76. The lowest BCUT2D eigenvalue weighted by Crippen LogP contribution is -2.50. The van der Waals surface area contributed by atoms with E-state index in [0.717, 1.165) is 28.0 Å². The van der Waals surface area contributed by atoms with E-state index in [0.29, 0.717) is 40.8 Å². The Bertz CT molecular complexity index is 1520. The standard InChI is InChI=1S/C23H22FN9OS2/c1-3-16-19(30(2)21-28-18(17(9-25)35-21)12-4-6-13(24)7-5-12)33-22(27-16)36-23(29-33)32-11-14-8-15(32)10-31(14)20(26)34/h4-7,14-15H,3,8,10-11H2,1-2H3,(H2,26,34). The average Bonchev–Trinajstić information content (AvgIpc) is 3.68. The van der Waals surface area contributed by atoms with Crippen LogP contribution in [0.1, 0.15) is 23.9 Å². The fraction of sp³-hybridized carbons (Fsp3) is 0.348. The summed E-state index contributed by atoms with van der Waals surface area (Å²) in [4.78, 5) is 28.3. The van der Waals surface area contributed by atoms with Crippen LogP contribution in [0.5, 0.6) is 0 Å². The van der Waals surface area contributed by atoms with Crippen LogP contribution >= 0.6 is 22.7 Å². The number of halogens is 1. The van der Waals surface area contributed by atoms with Gasteiger partial charge in [0.1, 0.15) is 22.5 Å². The fourth-order valence-electron chi connectivity index (χ4n) is 5.05. The molecule has 0 spiro atoms. The maximum absolute atomic E-state index is 13.4. The number of aromatic nitrogens is 4. The number of carbonyl (C=O) groups excluding carboxylic acids is 1. The van der Waals surface area contributed by atoms with Crippen LogP contribution in [0, 0.1) is 17.1 Å². The molecule has 5 heterocycles. The molecule has 2 bridgehead atoms. The molecule has 6 rings (SSSR count). The number of nitrogens with two attached hydrogens (primary N) is 1. The molecule has 2 saturated heterocycles. The summed E-state index contributed by atoms with van der Waals surface area (Å²) in [6.07, 6.45) is 1.59. The highest BCUT2D eigenvalue weighted by Gasteiger charge is 2.46. The number of benzene rings is 1. The molecule has 13 heteroatoms. The number of hydrogen-bond donors (Lipinski definition) is 1. The molecule has 0 saturated carbocycles. The van der Waals surface area contributed by atoms with Crippen molar-refractivity contribution in [1.82, 2.24) is 24.5 Å². The first-order valence-electron chi connectivity index (χ1n) is 11.5. The predicted molar refractivity (Wildman–Crippen MR) is 136 cm³/mol. The van der Waals surface area contributed by atoms with E-state index >= 15 is 0 Å². The van der Waals surface area contributed by atoms with Crippen LogP contribution in [-0.4, -0.2) is 62.7 Å². The van der Waals surface area contributed by atoms with Gasteiger partial charge < -0.3 is 20.4 Å². The number of amides is 2. The molecule has 0 radical (unpaired) electrons. The van der Waals surface area contributed by atoms with Crippen molar-refractivity contribution in [3.63, 3.8) is 0 Å². The monoisotopic (exact) mass is 523 g/mol. The summed E-state index contributed by atoms with van der Waals surface area (Å²) in [5.74, 6) is 0.453. The summed E-state index contributed by atoms with van der Waals surface area (Å²) in [6.45, 7) is 3.35. The number of imidazole rings is 1. The third-order valence-electron chi connectivity index (χ3n) is 6.78. The number of carbonyl (C=O) groups is 1. The molecule has 2 aliphatic rings. The zero-order valence-electron chi connectivity index (χ0n) is 19.6. The number of hydrogen-bond acceptors (Lipinski definition) is 9. The SMILES string of the molecule is CCc1nc2sc(N3CC4CC3CN4C(N)=O)nn2c1N(C)c1nc(-c2ccc(F)cc2)c(C#N)s1. The number of primary amides is 1. The van der Waals surface area contributed by atoms with E-state index in [9.17, 15) is 14.4 Å². The van der Waals surface area contributed by atoms with E-state index in [-0.39, 0.29) is 23.9 Å². The van der Waals surface area contributed by atoms with Gasteiger partial charge in [-0.15, -0.1) is 5.10 Å². The second kappa shape index (κ2) is 8.42. The molecule has 2 amide bonds. The van der Waals surface area contributed by atoms with Gasteiger partial charge in [-0.05, 0) is 37.1 Å². The van der Waals surface area contributed by atoms with E-state index in [1.54, 1.807) is 17.0 Å². The normalized spacial score (nSPS) is 18.8. The van der Waals surface area contributed by atoms with Crippen molar-refractivity contribution in [2.75, 3.05) is 29.9 Å². The molecule has 10 nitrogen and oxygen atoms in total. The Morgan fingerprint density at radius 2 is 2.03 bits per heavy atom. The van der Waals surface area contributed by atoms with Crippen molar-refractivity contribution >= 4 is 49.7 Å². The number of fused-ring (bicyclic) bond motifs is 3. The molecule has 0 aliphatic carbocycles. The molecule has 2 aliphatic heterocycles. The number of anilines is 3. The molecule has 2 N–H and O–H groups in total. The van der Waals surface area contributed by atoms with Crippen molar-refractivity contribution in [2.45, 2.75) is 31.8 Å². The van der Waals surface area contributed by atoms with Crippen molar-refractivity contribution in [3.05, 3.63) is 40.7 Å². The molecule has 4 aromatic rings. The summed E-state index contributed by atoms with van der Waals surface area (Å²) < 4.78 is 15.3. The average molecular weight is 524 g/mol. The van der Waals surface area contributed by atoms with Crippen LogP contribution < -0.4 is 15.5 Å². The maximum atomic E-state index is 13.4. The molecule has 184 valence electrons. The highest BCUT2D eigenvalue weighted by atomic mass is 32.1.